The second-order valence-corrected chi connectivity index (χ2v) is 4.78. The van der Waals surface area contributed by atoms with Gasteiger partial charge in [0.05, 0.1) is 6.10 Å². The number of alkyl halides is 1. The average Bonchev–Trinajstić information content (AvgIpc) is 2.15. The van der Waals surface area contributed by atoms with Gasteiger partial charge in [-0.15, -0.1) is 0 Å². The zero-order chi connectivity index (χ0) is 6.69. The molecule has 1 rings (SSSR count). The molecule has 54 valence electrons. The summed E-state index contributed by atoms with van der Waals surface area (Å²) < 4.78 is 6.23. The Morgan fingerprint density at radius 1 is 1.78 bits per heavy atom. The fourth-order valence-electron chi connectivity index (χ4n) is 1.19. The molecule has 0 aromatic carbocycles. The van der Waals surface area contributed by atoms with Crippen LogP contribution < -0.4 is 0 Å². The van der Waals surface area contributed by atoms with Gasteiger partial charge in [-0.25, -0.2) is 0 Å². The van der Waals surface area contributed by atoms with E-state index < -0.39 is 0 Å². The lowest BCUT2D eigenvalue weighted by atomic mass is 10.1. The SMILES string of the molecule is CC(I)CC1CCCO1. The quantitative estimate of drug-likeness (QED) is 0.532. The van der Waals surface area contributed by atoms with Crippen molar-refractivity contribution in [1.29, 1.82) is 0 Å². The molecule has 0 amide bonds. The first kappa shape index (κ1) is 7.79. The van der Waals surface area contributed by atoms with Crippen LogP contribution in [0.15, 0.2) is 0 Å². The topological polar surface area (TPSA) is 9.23 Å². The Kier molecular flexibility index (Phi) is 3.26. The Balaban J connectivity index is 2.11. The van der Waals surface area contributed by atoms with E-state index in [-0.39, 0.29) is 0 Å². The van der Waals surface area contributed by atoms with Crippen molar-refractivity contribution >= 4 is 22.6 Å². The summed E-state index contributed by atoms with van der Waals surface area (Å²) in [5.41, 5.74) is 0. The van der Waals surface area contributed by atoms with Crippen molar-refractivity contribution < 1.29 is 4.74 Å². The second-order valence-electron chi connectivity index (χ2n) is 2.65. The molecule has 0 N–H and O–H groups in total. The van der Waals surface area contributed by atoms with Gasteiger partial charge in [-0.3, -0.25) is 0 Å². The molecule has 2 heteroatoms. The van der Waals surface area contributed by atoms with E-state index in [1.54, 1.807) is 0 Å². The summed E-state index contributed by atoms with van der Waals surface area (Å²) >= 11 is 2.45. The van der Waals surface area contributed by atoms with E-state index in [9.17, 15) is 0 Å². The van der Waals surface area contributed by atoms with E-state index in [0.717, 1.165) is 10.5 Å². The van der Waals surface area contributed by atoms with E-state index in [2.05, 4.69) is 29.5 Å². The molecule has 0 bridgehead atoms. The number of hydrogen-bond donors (Lipinski definition) is 0. The molecule has 9 heavy (non-hydrogen) atoms. The van der Waals surface area contributed by atoms with E-state index in [1.807, 2.05) is 0 Å². The monoisotopic (exact) mass is 240 g/mol. The summed E-state index contributed by atoms with van der Waals surface area (Å²) in [5, 5.41) is 0. The summed E-state index contributed by atoms with van der Waals surface area (Å²) in [5.74, 6) is 0. The Morgan fingerprint density at radius 2 is 2.56 bits per heavy atom. The van der Waals surface area contributed by atoms with Crippen LogP contribution >= 0.6 is 22.6 Å². The Hall–Kier alpha value is 0.690. The molecule has 2 atom stereocenters. The van der Waals surface area contributed by atoms with Crippen LogP contribution in [0.25, 0.3) is 0 Å². The Bertz CT molecular complexity index is 77.0. The van der Waals surface area contributed by atoms with Crippen LogP contribution in [-0.2, 0) is 4.74 Å². The summed E-state index contributed by atoms with van der Waals surface area (Å²) in [7, 11) is 0. The predicted molar refractivity (Wildman–Crippen MR) is 47.1 cm³/mol. The van der Waals surface area contributed by atoms with E-state index in [0.29, 0.717) is 6.10 Å². The smallest absolute Gasteiger partial charge is 0.0585 e. The maximum Gasteiger partial charge on any atom is 0.0585 e. The fraction of sp³-hybridized carbons (Fsp3) is 1.00. The van der Waals surface area contributed by atoms with Crippen LogP contribution in [0.4, 0.5) is 0 Å². The molecule has 0 radical (unpaired) electrons. The highest BCUT2D eigenvalue weighted by molar-refractivity contribution is 14.1. The van der Waals surface area contributed by atoms with Crippen LogP contribution in [0.5, 0.6) is 0 Å². The molecule has 2 unspecified atom stereocenters. The van der Waals surface area contributed by atoms with Gasteiger partial charge in [0.1, 0.15) is 0 Å². The summed E-state index contributed by atoms with van der Waals surface area (Å²) in [6.45, 7) is 3.23. The van der Waals surface area contributed by atoms with Crippen LogP contribution in [0, 0.1) is 0 Å². The van der Waals surface area contributed by atoms with Gasteiger partial charge in [0.15, 0.2) is 0 Å². The molecule has 0 saturated carbocycles. The van der Waals surface area contributed by atoms with Gasteiger partial charge < -0.3 is 4.74 Å². The number of halogens is 1. The molecule has 0 spiro atoms. The van der Waals surface area contributed by atoms with Gasteiger partial charge in [0, 0.05) is 10.5 Å². The van der Waals surface area contributed by atoms with Gasteiger partial charge in [-0.05, 0) is 19.3 Å². The average molecular weight is 240 g/mol. The number of rotatable bonds is 2. The molecule has 1 nitrogen and oxygen atoms in total. The van der Waals surface area contributed by atoms with Crippen molar-refractivity contribution in [3.8, 4) is 0 Å². The summed E-state index contributed by atoms with van der Waals surface area (Å²) in [6, 6.07) is 0. The van der Waals surface area contributed by atoms with E-state index >= 15 is 0 Å². The molecule has 1 heterocycles. The first-order valence-electron chi connectivity index (χ1n) is 3.54. The number of hydrogen-bond acceptors (Lipinski definition) is 1. The number of ether oxygens (including phenoxy) is 1. The van der Waals surface area contributed by atoms with Crippen LogP contribution in [-0.4, -0.2) is 16.6 Å². The lowest BCUT2D eigenvalue weighted by Crippen LogP contribution is -2.09. The zero-order valence-corrected chi connectivity index (χ0v) is 7.93. The van der Waals surface area contributed by atoms with Gasteiger partial charge in [0.2, 0.25) is 0 Å². The minimum Gasteiger partial charge on any atom is -0.378 e. The van der Waals surface area contributed by atoms with Crippen molar-refractivity contribution in [2.45, 2.75) is 36.2 Å². The first-order chi connectivity index (χ1) is 4.29. The molecule has 0 aromatic rings. The lowest BCUT2D eigenvalue weighted by Gasteiger charge is -2.09. The normalized spacial score (nSPS) is 30.7. The van der Waals surface area contributed by atoms with Gasteiger partial charge in [-0.2, -0.15) is 0 Å². The molecule has 0 aromatic heterocycles. The van der Waals surface area contributed by atoms with Crippen molar-refractivity contribution in [1.82, 2.24) is 0 Å². The molecule has 1 aliphatic rings. The van der Waals surface area contributed by atoms with Crippen LogP contribution in [0.3, 0.4) is 0 Å². The fourth-order valence-corrected chi connectivity index (χ4v) is 1.76. The molecular formula is C7H13IO. The minimum atomic E-state index is 0.580. The molecule has 1 saturated heterocycles. The van der Waals surface area contributed by atoms with Crippen molar-refractivity contribution in [3.05, 3.63) is 0 Å². The Morgan fingerprint density at radius 3 is 3.00 bits per heavy atom. The van der Waals surface area contributed by atoms with Gasteiger partial charge in [0.25, 0.3) is 0 Å². The van der Waals surface area contributed by atoms with Crippen molar-refractivity contribution in [2.24, 2.45) is 0 Å². The van der Waals surface area contributed by atoms with E-state index in [1.165, 1.54) is 19.3 Å². The molecule has 1 aliphatic heterocycles. The third kappa shape index (κ3) is 2.85. The standard InChI is InChI=1S/C7H13IO/c1-6(8)5-7-3-2-4-9-7/h6-7H,2-5H2,1H3. The van der Waals surface area contributed by atoms with Crippen LogP contribution in [0.1, 0.15) is 26.2 Å². The summed E-state index contributed by atoms with van der Waals surface area (Å²) in [4.78, 5) is 0. The zero-order valence-electron chi connectivity index (χ0n) is 5.77. The largest absolute Gasteiger partial charge is 0.378 e. The van der Waals surface area contributed by atoms with Crippen LogP contribution in [0.2, 0.25) is 0 Å². The van der Waals surface area contributed by atoms with Crippen molar-refractivity contribution in [2.75, 3.05) is 6.61 Å². The van der Waals surface area contributed by atoms with E-state index in [4.69, 9.17) is 4.74 Å². The maximum absolute atomic E-state index is 5.46. The maximum atomic E-state index is 5.46. The van der Waals surface area contributed by atoms with Gasteiger partial charge >= 0.3 is 0 Å². The molecule has 1 fully saturated rings. The lowest BCUT2D eigenvalue weighted by molar-refractivity contribution is 0.105. The highest BCUT2D eigenvalue weighted by Gasteiger charge is 2.16. The highest BCUT2D eigenvalue weighted by Crippen LogP contribution is 2.19. The summed E-state index contributed by atoms with van der Waals surface area (Å²) in [6.07, 6.45) is 4.37. The third-order valence-electron chi connectivity index (χ3n) is 1.61. The third-order valence-corrected chi connectivity index (χ3v) is 2.12. The second kappa shape index (κ2) is 3.76. The Labute approximate surface area is 70.3 Å². The predicted octanol–water partition coefficient (Wildman–Crippen LogP) is 2.38. The highest BCUT2D eigenvalue weighted by atomic mass is 127. The molecular weight excluding hydrogens is 227 g/mol. The first-order valence-corrected chi connectivity index (χ1v) is 4.79. The van der Waals surface area contributed by atoms with Gasteiger partial charge in [-0.1, -0.05) is 29.5 Å². The minimum absolute atomic E-state index is 0.580. The molecule has 0 aliphatic carbocycles. The van der Waals surface area contributed by atoms with Crippen molar-refractivity contribution in [3.63, 3.8) is 0 Å².